The van der Waals surface area contributed by atoms with E-state index in [1.54, 1.807) is 0 Å². The fraction of sp³-hybridized carbons (Fsp3) is 0.333. The molecular weight excluding hydrogens is 424 g/mol. The summed E-state index contributed by atoms with van der Waals surface area (Å²) in [6.45, 7) is 13.6. The molecule has 0 atom stereocenters. The Balaban J connectivity index is 1.67. The third-order valence-electron chi connectivity index (χ3n) is 8.28. The van der Waals surface area contributed by atoms with Gasteiger partial charge in [0.2, 0.25) is 0 Å². The molecule has 2 heteroatoms. The third-order valence-corrected chi connectivity index (χ3v) is 8.28. The van der Waals surface area contributed by atoms with Crippen molar-refractivity contribution in [2.24, 2.45) is 0 Å². The molecule has 0 radical (unpaired) electrons. The van der Waals surface area contributed by atoms with Crippen LogP contribution < -0.4 is 9.80 Å². The van der Waals surface area contributed by atoms with Crippen molar-refractivity contribution in [2.45, 2.75) is 58.5 Å². The van der Waals surface area contributed by atoms with Crippen LogP contribution in [0.2, 0.25) is 0 Å². The van der Waals surface area contributed by atoms with Crippen molar-refractivity contribution in [1.29, 1.82) is 0 Å². The Hall–Kier alpha value is -3.26. The van der Waals surface area contributed by atoms with Gasteiger partial charge >= 0.3 is 0 Å². The molecule has 0 aliphatic carbocycles. The van der Waals surface area contributed by atoms with Gasteiger partial charge in [0.1, 0.15) is 0 Å². The van der Waals surface area contributed by atoms with Gasteiger partial charge in [-0.15, -0.1) is 0 Å². The molecule has 0 saturated carbocycles. The lowest BCUT2D eigenvalue weighted by Crippen LogP contribution is -2.42. The maximum Gasteiger partial charge on any atom is 0.0531 e. The van der Waals surface area contributed by atoms with E-state index in [4.69, 9.17) is 0 Å². The largest absolute Gasteiger partial charge is 0.366 e. The van der Waals surface area contributed by atoms with Gasteiger partial charge in [0.15, 0.2) is 0 Å². The summed E-state index contributed by atoms with van der Waals surface area (Å²) in [7, 11) is 4.40. The van der Waals surface area contributed by atoms with Crippen molar-refractivity contribution in [3.8, 4) is 0 Å². The zero-order valence-corrected chi connectivity index (χ0v) is 22.5. The summed E-state index contributed by atoms with van der Waals surface area (Å²) in [6.07, 6.45) is 4.78. The molecule has 0 saturated heterocycles. The molecule has 0 aromatic heterocycles. The van der Waals surface area contributed by atoms with Crippen molar-refractivity contribution in [2.75, 3.05) is 23.9 Å². The minimum absolute atomic E-state index is 0.0135. The molecule has 180 valence electrons. The number of rotatable bonds is 3. The van der Waals surface area contributed by atoms with E-state index >= 15 is 0 Å². The van der Waals surface area contributed by atoms with Gasteiger partial charge in [-0.3, -0.25) is 0 Å². The van der Waals surface area contributed by atoms with E-state index in [0.717, 1.165) is 0 Å². The van der Waals surface area contributed by atoms with E-state index in [-0.39, 0.29) is 17.0 Å². The van der Waals surface area contributed by atoms with Crippen LogP contribution in [0.5, 0.6) is 0 Å². The van der Waals surface area contributed by atoms with Gasteiger partial charge in [-0.25, -0.2) is 0 Å². The van der Waals surface area contributed by atoms with Gasteiger partial charge < -0.3 is 9.80 Å². The van der Waals surface area contributed by atoms with Crippen molar-refractivity contribution in [1.82, 2.24) is 0 Å². The highest BCUT2D eigenvalue weighted by atomic mass is 15.2. The van der Waals surface area contributed by atoms with Crippen molar-refractivity contribution >= 4 is 22.5 Å². The Morgan fingerprint density at radius 3 is 1.43 bits per heavy atom. The van der Waals surface area contributed by atoms with Crippen LogP contribution in [0.4, 0.5) is 11.4 Å². The summed E-state index contributed by atoms with van der Waals surface area (Å²) in [5.41, 5.74) is 12.0. The number of hydrogen-bond acceptors (Lipinski definition) is 2. The minimum Gasteiger partial charge on any atom is -0.366 e. The summed E-state index contributed by atoms with van der Waals surface area (Å²) in [5, 5.41) is 0. The van der Waals surface area contributed by atoms with Crippen LogP contribution in [0.25, 0.3) is 11.1 Å². The standard InChI is InChI=1S/C33H38N2/c1-22-20-32(3,4)34(7)29-16-14-25(18-27(22)29)31(24-12-10-9-11-13-24)26-15-17-30-28(19-26)23(2)21-33(5,6)35(30)8/h9-21,31H,1-8H3. The quantitative estimate of drug-likeness (QED) is 0.363. The van der Waals surface area contributed by atoms with Gasteiger partial charge in [0, 0.05) is 42.5 Å². The highest BCUT2D eigenvalue weighted by molar-refractivity contribution is 5.83. The van der Waals surface area contributed by atoms with E-state index in [0.29, 0.717) is 0 Å². The number of nitrogens with zero attached hydrogens (tertiary/aromatic N) is 2. The SMILES string of the molecule is CC1=CC(C)(C)N(C)c2ccc(C(c3ccccc3)c3ccc4c(c3)C(C)=CC(C)(C)N4C)cc21. The average Bonchev–Trinajstić information content (AvgIpc) is 2.82. The first-order chi connectivity index (χ1) is 16.5. The monoisotopic (exact) mass is 462 g/mol. The maximum absolute atomic E-state index is 2.42. The zero-order chi connectivity index (χ0) is 25.1. The average molecular weight is 463 g/mol. The molecule has 35 heavy (non-hydrogen) atoms. The van der Waals surface area contributed by atoms with Gasteiger partial charge in [0.05, 0.1) is 11.1 Å². The molecule has 2 aliphatic rings. The van der Waals surface area contributed by atoms with Gasteiger partial charge in [-0.1, -0.05) is 54.6 Å². The number of hydrogen-bond donors (Lipinski definition) is 0. The van der Waals surface area contributed by atoms with Crippen LogP contribution >= 0.6 is 0 Å². The maximum atomic E-state index is 2.42. The molecule has 0 bridgehead atoms. The molecular formula is C33H38N2. The second kappa shape index (κ2) is 8.16. The molecule has 2 nitrogen and oxygen atoms in total. The van der Waals surface area contributed by atoms with Crippen molar-refractivity contribution in [3.63, 3.8) is 0 Å². The molecule has 2 aliphatic heterocycles. The molecule has 3 aromatic rings. The zero-order valence-electron chi connectivity index (χ0n) is 22.5. The van der Waals surface area contributed by atoms with E-state index < -0.39 is 0 Å². The van der Waals surface area contributed by atoms with E-state index in [1.165, 1.54) is 50.3 Å². The van der Waals surface area contributed by atoms with E-state index in [2.05, 4.69) is 144 Å². The van der Waals surface area contributed by atoms with Crippen LogP contribution in [0.15, 0.2) is 78.9 Å². The normalized spacial score (nSPS) is 18.1. The molecule has 0 spiro atoms. The van der Waals surface area contributed by atoms with Crippen LogP contribution in [-0.2, 0) is 0 Å². The van der Waals surface area contributed by atoms with Crippen molar-refractivity contribution < 1.29 is 0 Å². The first kappa shape index (κ1) is 23.5. The summed E-state index contributed by atoms with van der Waals surface area (Å²) < 4.78 is 0. The van der Waals surface area contributed by atoms with E-state index in [9.17, 15) is 0 Å². The first-order valence-electron chi connectivity index (χ1n) is 12.7. The second-order valence-electron chi connectivity index (χ2n) is 11.5. The number of fused-ring (bicyclic) bond motifs is 2. The van der Waals surface area contributed by atoms with Crippen molar-refractivity contribution in [3.05, 3.63) is 107 Å². The lowest BCUT2D eigenvalue weighted by molar-refractivity contribution is 0.597. The minimum atomic E-state index is 0.0135. The van der Waals surface area contributed by atoms with Crippen LogP contribution in [0.3, 0.4) is 0 Å². The highest BCUT2D eigenvalue weighted by Gasteiger charge is 2.31. The predicted molar refractivity (Wildman–Crippen MR) is 153 cm³/mol. The highest BCUT2D eigenvalue weighted by Crippen LogP contribution is 2.44. The van der Waals surface area contributed by atoms with E-state index in [1.807, 2.05) is 0 Å². The lowest BCUT2D eigenvalue weighted by Gasteiger charge is -2.41. The predicted octanol–water partition coefficient (Wildman–Crippen LogP) is 8.13. The number of allylic oxidation sites excluding steroid dienone is 2. The Kier molecular flexibility index (Phi) is 5.47. The Morgan fingerprint density at radius 1 is 0.571 bits per heavy atom. The Morgan fingerprint density at radius 2 is 1.00 bits per heavy atom. The van der Waals surface area contributed by atoms with Crippen LogP contribution in [0.1, 0.15) is 75.3 Å². The van der Waals surface area contributed by atoms with Gasteiger partial charge in [-0.05, 0) is 93.6 Å². The molecule has 0 unspecified atom stereocenters. The van der Waals surface area contributed by atoms with Gasteiger partial charge in [-0.2, -0.15) is 0 Å². The summed E-state index contributed by atoms with van der Waals surface area (Å²) in [5.74, 6) is 0.174. The molecule has 3 aromatic carbocycles. The summed E-state index contributed by atoms with van der Waals surface area (Å²) in [6, 6.07) is 25.1. The Labute approximate surface area is 211 Å². The lowest BCUT2D eigenvalue weighted by atomic mass is 9.80. The molecule has 0 amide bonds. The number of likely N-dealkylation sites (N-methyl/N-ethyl adjacent to an activating group) is 2. The number of benzene rings is 3. The fourth-order valence-corrected chi connectivity index (χ4v) is 5.94. The topological polar surface area (TPSA) is 6.48 Å². The summed E-state index contributed by atoms with van der Waals surface area (Å²) >= 11 is 0. The molecule has 0 N–H and O–H groups in total. The second-order valence-corrected chi connectivity index (χ2v) is 11.5. The Bertz CT molecular complexity index is 1260. The van der Waals surface area contributed by atoms with Gasteiger partial charge in [0.25, 0.3) is 0 Å². The third kappa shape index (κ3) is 3.89. The fourth-order valence-electron chi connectivity index (χ4n) is 5.94. The summed E-state index contributed by atoms with van der Waals surface area (Å²) in [4.78, 5) is 4.78. The van der Waals surface area contributed by atoms with Crippen LogP contribution in [-0.4, -0.2) is 25.2 Å². The number of anilines is 2. The molecule has 0 fully saturated rings. The first-order valence-corrected chi connectivity index (χ1v) is 12.7. The smallest absolute Gasteiger partial charge is 0.0531 e. The molecule has 2 heterocycles. The van der Waals surface area contributed by atoms with Crippen LogP contribution in [0, 0.1) is 0 Å². The molecule has 5 rings (SSSR count).